The molecule has 4 rings (SSSR count). The number of alkyl halides is 3. The van der Waals surface area contributed by atoms with Gasteiger partial charge in [0.2, 0.25) is 0 Å². The van der Waals surface area contributed by atoms with E-state index in [4.69, 9.17) is 5.11 Å². The van der Waals surface area contributed by atoms with Crippen molar-refractivity contribution in [3.05, 3.63) is 54.1 Å². The number of benzene rings is 2. The van der Waals surface area contributed by atoms with E-state index in [1.54, 1.807) is 24.3 Å². The number of hydrogen-bond donors (Lipinski definition) is 1. The molecule has 1 saturated heterocycles. The highest BCUT2D eigenvalue weighted by molar-refractivity contribution is 5.95. The zero-order chi connectivity index (χ0) is 22.9. The van der Waals surface area contributed by atoms with Gasteiger partial charge in [-0.2, -0.15) is 0 Å². The molecule has 170 valence electrons. The molecule has 0 spiro atoms. The van der Waals surface area contributed by atoms with Crippen molar-refractivity contribution in [3.63, 3.8) is 0 Å². The largest absolute Gasteiger partial charge is 0.573 e. The first-order chi connectivity index (χ1) is 15.2. The predicted molar refractivity (Wildman–Crippen MR) is 110 cm³/mol. The molecular weight excluding hydrogens is 425 g/mol. The summed E-state index contributed by atoms with van der Waals surface area (Å²) in [6, 6.07) is 12.8. The molecule has 0 bridgehead atoms. The Kier molecular flexibility index (Phi) is 5.99. The highest BCUT2D eigenvalue weighted by Crippen LogP contribution is 2.34. The molecule has 1 saturated carbocycles. The number of nitrogens with zero attached hydrogens (tertiary/aromatic N) is 2. The van der Waals surface area contributed by atoms with Crippen molar-refractivity contribution < 1.29 is 32.6 Å². The van der Waals surface area contributed by atoms with Gasteiger partial charge in [0, 0.05) is 30.7 Å². The van der Waals surface area contributed by atoms with Crippen LogP contribution >= 0.6 is 0 Å². The maximum atomic E-state index is 13.2. The van der Waals surface area contributed by atoms with E-state index in [0.717, 1.165) is 18.4 Å². The number of carbonyl (C=O) groups excluding carboxylic acids is 1. The number of rotatable bonds is 5. The fourth-order valence-electron chi connectivity index (χ4n) is 4.12. The average Bonchev–Trinajstić information content (AvgIpc) is 3.59. The van der Waals surface area contributed by atoms with Gasteiger partial charge in [-0.25, -0.2) is 4.79 Å². The molecule has 32 heavy (non-hydrogen) atoms. The fraction of sp³-hybridized carbons (Fsp3) is 0.391. The quantitative estimate of drug-likeness (QED) is 0.699. The van der Waals surface area contributed by atoms with Crippen LogP contribution in [0.15, 0.2) is 48.5 Å². The summed E-state index contributed by atoms with van der Waals surface area (Å²) in [5.74, 6) is -0.358. The van der Waals surface area contributed by atoms with Crippen LogP contribution in [0.3, 0.4) is 0 Å². The maximum Gasteiger partial charge on any atom is 0.573 e. The second-order valence-electron chi connectivity index (χ2n) is 8.09. The fourth-order valence-corrected chi connectivity index (χ4v) is 4.12. The van der Waals surface area contributed by atoms with E-state index < -0.39 is 12.5 Å². The summed E-state index contributed by atoms with van der Waals surface area (Å²) in [6.45, 7) is 0.840. The third-order valence-corrected chi connectivity index (χ3v) is 5.86. The van der Waals surface area contributed by atoms with E-state index in [2.05, 4.69) is 4.74 Å². The minimum atomic E-state index is -4.73. The van der Waals surface area contributed by atoms with Crippen LogP contribution in [0.5, 0.6) is 5.75 Å². The van der Waals surface area contributed by atoms with Gasteiger partial charge < -0.3 is 19.6 Å². The number of likely N-dealkylation sites (tertiary alicyclic amines) is 1. The number of ether oxygens (including phenoxy) is 1. The minimum absolute atomic E-state index is 0.0199. The molecule has 1 aliphatic heterocycles. The highest BCUT2D eigenvalue weighted by atomic mass is 19.4. The normalized spacial score (nSPS) is 17.2. The van der Waals surface area contributed by atoms with Gasteiger partial charge in [-0.05, 0) is 61.1 Å². The van der Waals surface area contributed by atoms with Crippen LogP contribution in [0.1, 0.15) is 36.0 Å². The van der Waals surface area contributed by atoms with Crippen molar-refractivity contribution in [2.45, 2.75) is 44.1 Å². The molecule has 6 nitrogen and oxygen atoms in total. The summed E-state index contributed by atoms with van der Waals surface area (Å²) in [5.41, 5.74) is 2.02. The summed E-state index contributed by atoms with van der Waals surface area (Å²) < 4.78 is 40.8. The standard InChI is InChI=1S/C23H23F3N2O4/c24-23(25,26)32-20-9-5-16(6-10-20)15-1-3-17(4-2-15)21(29)28(18-7-8-18)19-11-13-27(14-12-19)22(30)31/h1-6,9-10,18-19H,7-8,11-14H2,(H,30,31). The predicted octanol–water partition coefficient (Wildman–Crippen LogP) is 5.00. The van der Waals surface area contributed by atoms with Gasteiger partial charge in [0.25, 0.3) is 5.91 Å². The first-order valence-electron chi connectivity index (χ1n) is 10.5. The summed E-state index contributed by atoms with van der Waals surface area (Å²) in [6.07, 6.45) is -2.51. The molecule has 0 unspecified atom stereocenters. The van der Waals surface area contributed by atoms with E-state index in [0.29, 0.717) is 37.1 Å². The van der Waals surface area contributed by atoms with Gasteiger partial charge in [0.1, 0.15) is 5.75 Å². The summed E-state index contributed by atoms with van der Waals surface area (Å²) >= 11 is 0. The second-order valence-corrected chi connectivity index (χ2v) is 8.09. The Morgan fingerprint density at radius 3 is 1.84 bits per heavy atom. The molecule has 1 heterocycles. The third kappa shape index (κ3) is 5.15. The first kappa shape index (κ1) is 22.0. The van der Waals surface area contributed by atoms with Crippen molar-refractivity contribution in [1.82, 2.24) is 9.80 Å². The van der Waals surface area contributed by atoms with Gasteiger partial charge in [-0.3, -0.25) is 4.79 Å². The molecule has 0 radical (unpaired) electrons. The number of piperidine rings is 1. The zero-order valence-electron chi connectivity index (χ0n) is 17.2. The minimum Gasteiger partial charge on any atom is -0.465 e. The summed E-state index contributed by atoms with van der Waals surface area (Å²) in [5, 5.41) is 9.15. The van der Waals surface area contributed by atoms with Crippen molar-refractivity contribution >= 4 is 12.0 Å². The Balaban J connectivity index is 1.44. The van der Waals surface area contributed by atoms with E-state index >= 15 is 0 Å². The van der Waals surface area contributed by atoms with Crippen LogP contribution in [0.2, 0.25) is 0 Å². The molecule has 1 N–H and O–H groups in total. The summed E-state index contributed by atoms with van der Waals surface area (Å²) in [4.78, 5) is 27.7. The Bertz CT molecular complexity index is 964. The zero-order valence-corrected chi connectivity index (χ0v) is 17.2. The van der Waals surface area contributed by atoms with Crippen molar-refractivity contribution in [2.75, 3.05) is 13.1 Å². The molecule has 2 fully saturated rings. The van der Waals surface area contributed by atoms with Crippen LogP contribution in [-0.4, -0.2) is 58.4 Å². The van der Waals surface area contributed by atoms with Crippen LogP contribution in [0.4, 0.5) is 18.0 Å². The third-order valence-electron chi connectivity index (χ3n) is 5.86. The number of hydrogen-bond acceptors (Lipinski definition) is 3. The Hall–Kier alpha value is -3.23. The van der Waals surface area contributed by atoms with Crippen LogP contribution < -0.4 is 4.74 Å². The summed E-state index contributed by atoms with van der Waals surface area (Å²) in [7, 11) is 0. The van der Waals surface area contributed by atoms with Crippen LogP contribution in [0.25, 0.3) is 11.1 Å². The lowest BCUT2D eigenvalue weighted by molar-refractivity contribution is -0.274. The van der Waals surface area contributed by atoms with Gasteiger partial charge in [0.15, 0.2) is 0 Å². The van der Waals surface area contributed by atoms with E-state index in [-0.39, 0.29) is 23.7 Å². The molecule has 2 amide bonds. The molecule has 2 aliphatic rings. The second kappa shape index (κ2) is 8.72. The van der Waals surface area contributed by atoms with E-state index in [9.17, 15) is 22.8 Å². The lowest BCUT2D eigenvalue weighted by Gasteiger charge is -2.38. The number of carbonyl (C=O) groups is 2. The Morgan fingerprint density at radius 1 is 0.875 bits per heavy atom. The topological polar surface area (TPSA) is 70.1 Å². The van der Waals surface area contributed by atoms with E-state index in [1.807, 2.05) is 4.90 Å². The van der Waals surface area contributed by atoms with Gasteiger partial charge in [0.05, 0.1) is 0 Å². The SMILES string of the molecule is O=C(O)N1CCC(N(C(=O)c2ccc(-c3ccc(OC(F)(F)F)cc3)cc2)C2CC2)CC1. The monoisotopic (exact) mass is 448 g/mol. The molecule has 2 aromatic rings. The number of carboxylic acid groups (broad SMARTS) is 1. The van der Waals surface area contributed by atoms with Crippen LogP contribution in [0, 0.1) is 0 Å². The Labute approximate surface area is 183 Å². The number of halogens is 3. The molecule has 0 atom stereocenters. The molecule has 2 aromatic carbocycles. The average molecular weight is 448 g/mol. The molecular formula is C23H23F3N2O4. The van der Waals surface area contributed by atoms with Gasteiger partial charge in [-0.1, -0.05) is 24.3 Å². The van der Waals surface area contributed by atoms with Crippen molar-refractivity contribution in [3.8, 4) is 16.9 Å². The van der Waals surface area contributed by atoms with Gasteiger partial charge in [-0.15, -0.1) is 13.2 Å². The lowest BCUT2D eigenvalue weighted by atomic mass is 10.0. The maximum absolute atomic E-state index is 13.2. The van der Waals surface area contributed by atoms with Crippen molar-refractivity contribution in [2.24, 2.45) is 0 Å². The molecule has 0 aromatic heterocycles. The molecule has 1 aliphatic carbocycles. The number of amides is 2. The highest BCUT2D eigenvalue weighted by Gasteiger charge is 2.39. The van der Waals surface area contributed by atoms with Crippen molar-refractivity contribution in [1.29, 1.82) is 0 Å². The van der Waals surface area contributed by atoms with E-state index in [1.165, 1.54) is 29.2 Å². The van der Waals surface area contributed by atoms with Gasteiger partial charge >= 0.3 is 12.5 Å². The Morgan fingerprint density at radius 2 is 1.38 bits per heavy atom. The molecule has 9 heteroatoms. The smallest absolute Gasteiger partial charge is 0.465 e. The first-order valence-corrected chi connectivity index (χ1v) is 10.5. The van der Waals surface area contributed by atoms with Crippen LogP contribution in [-0.2, 0) is 0 Å². The lowest BCUT2D eigenvalue weighted by Crippen LogP contribution is -2.49.